The highest BCUT2D eigenvalue weighted by molar-refractivity contribution is 6.00. The molecule has 0 saturated heterocycles. The summed E-state index contributed by atoms with van der Waals surface area (Å²) < 4.78 is 18.7. The Morgan fingerprint density at radius 3 is 2.50 bits per heavy atom. The van der Waals surface area contributed by atoms with Gasteiger partial charge in [0.2, 0.25) is 11.8 Å². The zero-order valence-electron chi connectivity index (χ0n) is 19.7. The summed E-state index contributed by atoms with van der Waals surface area (Å²) in [4.78, 5) is 27.5. The number of halogens is 1. The molecule has 1 aromatic carbocycles. The molecule has 178 valence electrons. The second-order valence-corrected chi connectivity index (χ2v) is 9.83. The lowest BCUT2D eigenvalue weighted by Gasteiger charge is -2.34. The van der Waals surface area contributed by atoms with Gasteiger partial charge in [-0.3, -0.25) is 19.9 Å². The van der Waals surface area contributed by atoms with E-state index in [1.807, 2.05) is 20.8 Å². The molecule has 1 atom stereocenters. The highest BCUT2D eigenvalue weighted by atomic mass is 19.1. The zero-order chi connectivity index (χ0) is 23.9. The fourth-order valence-corrected chi connectivity index (χ4v) is 4.20. The number of methoxy groups -OCH3 is 1. The van der Waals surface area contributed by atoms with E-state index in [2.05, 4.69) is 5.32 Å². The monoisotopic (exact) mass is 448 g/mol. The third-order valence-electron chi connectivity index (χ3n) is 5.79. The van der Waals surface area contributed by atoms with Gasteiger partial charge < -0.3 is 15.8 Å². The largest absolute Gasteiger partial charge is 0.494 e. The van der Waals surface area contributed by atoms with Crippen molar-refractivity contribution in [3.05, 3.63) is 29.6 Å². The normalized spacial score (nSPS) is 15.7. The quantitative estimate of drug-likeness (QED) is 0.413. The summed E-state index contributed by atoms with van der Waals surface area (Å²) >= 11 is 0. The number of nitrogens with one attached hydrogen (secondary N) is 2. The first-order valence-electron chi connectivity index (χ1n) is 11.3. The van der Waals surface area contributed by atoms with E-state index in [-0.39, 0.29) is 35.9 Å². The van der Waals surface area contributed by atoms with Crippen LogP contribution in [0.1, 0.15) is 71.3 Å². The molecule has 1 aliphatic carbocycles. The van der Waals surface area contributed by atoms with Crippen molar-refractivity contribution in [2.24, 2.45) is 17.1 Å². The van der Waals surface area contributed by atoms with E-state index in [9.17, 15) is 14.0 Å². The number of benzene rings is 1. The van der Waals surface area contributed by atoms with Crippen LogP contribution in [0, 0.1) is 22.6 Å². The maximum absolute atomic E-state index is 13.7. The summed E-state index contributed by atoms with van der Waals surface area (Å²) in [5.41, 5.74) is 6.18. The SMILES string of the molecule is COc1cc(CNC(=O)[C@@H](CC2CCCCC2)N(C(=N)N)C(=O)CC(C)(C)C)ccc1F. The van der Waals surface area contributed by atoms with Crippen molar-refractivity contribution in [3.8, 4) is 5.75 Å². The Kier molecular flexibility index (Phi) is 9.04. The predicted octanol–water partition coefficient (Wildman–Crippen LogP) is 3.95. The fraction of sp³-hybridized carbons (Fsp3) is 0.625. The summed E-state index contributed by atoms with van der Waals surface area (Å²) in [5.74, 6) is -1.19. The third kappa shape index (κ3) is 7.50. The number of nitrogens with zero attached hydrogens (tertiary/aromatic N) is 1. The van der Waals surface area contributed by atoms with Gasteiger partial charge in [0.15, 0.2) is 17.5 Å². The Morgan fingerprint density at radius 1 is 1.28 bits per heavy atom. The maximum atomic E-state index is 13.7. The number of amides is 2. The smallest absolute Gasteiger partial charge is 0.243 e. The van der Waals surface area contributed by atoms with Gasteiger partial charge in [-0.2, -0.15) is 0 Å². The summed E-state index contributed by atoms with van der Waals surface area (Å²) in [7, 11) is 1.38. The van der Waals surface area contributed by atoms with Gasteiger partial charge in [0.05, 0.1) is 7.11 Å². The van der Waals surface area contributed by atoms with Crippen LogP contribution in [0.4, 0.5) is 4.39 Å². The Labute approximate surface area is 190 Å². The molecule has 0 aliphatic heterocycles. The van der Waals surface area contributed by atoms with Gasteiger partial charge in [-0.25, -0.2) is 4.39 Å². The first-order valence-corrected chi connectivity index (χ1v) is 11.3. The molecule has 1 aromatic rings. The average Bonchev–Trinajstić information content (AvgIpc) is 2.71. The highest BCUT2D eigenvalue weighted by Crippen LogP contribution is 2.30. The van der Waals surface area contributed by atoms with Crippen molar-refractivity contribution in [2.75, 3.05) is 7.11 Å². The lowest BCUT2D eigenvalue weighted by atomic mass is 9.84. The standard InChI is InChI=1S/C24H37FN4O3/c1-24(2,3)14-21(30)29(23(26)27)19(12-16-8-6-5-7-9-16)22(31)28-15-17-10-11-18(25)20(13-17)32-4/h10-11,13,16,19H,5-9,12,14-15H2,1-4H3,(H3,26,27)(H,28,31)/t19-/m1/s1. The second-order valence-electron chi connectivity index (χ2n) is 9.83. The Balaban J connectivity index is 2.22. The molecule has 0 radical (unpaired) electrons. The molecule has 1 fully saturated rings. The average molecular weight is 449 g/mol. The molecule has 0 heterocycles. The predicted molar refractivity (Wildman–Crippen MR) is 123 cm³/mol. The highest BCUT2D eigenvalue weighted by Gasteiger charge is 2.35. The van der Waals surface area contributed by atoms with Crippen LogP contribution in [-0.2, 0) is 16.1 Å². The summed E-state index contributed by atoms with van der Waals surface area (Å²) in [6.45, 7) is 5.94. The van der Waals surface area contributed by atoms with E-state index in [0.717, 1.165) is 30.6 Å². The summed E-state index contributed by atoms with van der Waals surface area (Å²) in [6, 6.07) is 3.53. The van der Waals surface area contributed by atoms with E-state index in [0.29, 0.717) is 17.9 Å². The van der Waals surface area contributed by atoms with Crippen molar-refractivity contribution in [1.29, 1.82) is 5.41 Å². The van der Waals surface area contributed by atoms with Crippen LogP contribution >= 0.6 is 0 Å². The van der Waals surface area contributed by atoms with Crippen molar-refractivity contribution in [1.82, 2.24) is 10.2 Å². The first-order chi connectivity index (χ1) is 15.0. The van der Waals surface area contributed by atoms with E-state index in [4.69, 9.17) is 15.9 Å². The summed E-state index contributed by atoms with van der Waals surface area (Å²) in [6.07, 6.45) is 6.02. The third-order valence-corrected chi connectivity index (χ3v) is 5.79. The molecule has 2 amide bonds. The molecule has 1 saturated carbocycles. The minimum atomic E-state index is -0.854. The fourth-order valence-electron chi connectivity index (χ4n) is 4.20. The number of nitrogens with two attached hydrogens (primary N) is 1. The molecule has 1 aliphatic rings. The van der Waals surface area contributed by atoms with Crippen molar-refractivity contribution in [3.63, 3.8) is 0 Å². The molecule has 7 nitrogen and oxygen atoms in total. The lowest BCUT2D eigenvalue weighted by molar-refractivity contribution is -0.138. The number of ether oxygens (including phenoxy) is 1. The molecular weight excluding hydrogens is 411 g/mol. The van der Waals surface area contributed by atoms with Crippen molar-refractivity contribution >= 4 is 17.8 Å². The first kappa shape index (κ1) is 25.6. The topological polar surface area (TPSA) is 109 Å². The molecule has 4 N–H and O–H groups in total. The number of rotatable bonds is 8. The second kappa shape index (κ2) is 11.3. The van der Waals surface area contributed by atoms with E-state index in [1.165, 1.54) is 25.7 Å². The number of carbonyl (C=O) groups is 2. The summed E-state index contributed by atoms with van der Waals surface area (Å²) in [5, 5.41) is 10.9. The molecule has 8 heteroatoms. The molecule has 0 aromatic heterocycles. The van der Waals surface area contributed by atoms with Gasteiger partial charge in [-0.05, 0) is 35.4 Å². The van der Waals surface area contributed by atoms with Gasteiger partial charge in [-0.1, -0.05) is 58.9 Å². The number of guanidine groups is 1. The Hall–Kier alpha value is -2.64. The number of carbonyl (C=O) groups excluding carboxylic acids is 2. The number of hydrogen-bond acceptors (Lipinski definition) is 4. The minimum Gasteiger partial charge on any atom is -0.494 e. The molecule has 32 heavy (non-hydrogen) atoms. The van der Waals surface area contributed by atoms with Gasteiger partial charge in [0.25, 0.3) is 0 Å². The van der Waals surface area contributed by atoms with E-state index >= 15 is 0 Å². The van der Waals surface area contributed by atoms with Gasteiger partial charge >= 0.3 is 0 Å². The molecule has 2 rings (SSSR count). The van der Waals surface area contributed by atoms with E-state index in [1.54, 1.807) is 6.07 Å². The van der Waals surface area contributed by atoms with Crippen LogP contribution in [0.15, 0.2) is 18.2 Å². The van der Waals surface area contributed by atoms with Crippen molar-refractivity contribution < 1.29 is 18.7 Å². The number of hydrogen-bond donors (Lipinski definition) is 3. The maximum Gasteiger partial charge on any atom is 0.243 e. The molecule has 0 bridgehead atoms. The lowest BCUT2D eigenvalue weighted by Crippen LogP contribution is -2.55. The Morgan fingerprint density at radius 2 is 1.94 bits per heavy atom. The molecule has 0 unspecified atom stereocenters. The van der Waals surface area contributed by atoms with Crippen LogP contribution in [0.2, 0.25) is 0 Å². The van der Waals surface area contributed by atoms with Crippen LogP contribution in [0.3, 0.4) is 0 Å². The van der Waals surface area contributed by atoms with Crippen LogP contribution < -0.4 is 15.8 Å². The zero-order valence-corrected chi connectivity index (χ0v) is 19.7. The van der Waals surface area contributed by atoms with Crippen LogP contribution in [0.5, 0.6) is 5.75 Å². The molecule has 0 spiro atoms. The van der Waals surface area contributed by atoms with Gasteiger partial charge in [0, 0.05) is 13.0 Å². The van der Waals surface area contributed by atoms with Crippen molar-refractivity contribution in [2.45, 2.75) is 78.3 Å². The van der Waals surface area contributed by atoms with E-state index < -0.39 is 17.8 Å². The minimum absolute atomic E-state index is 0.0984. The van der Waals surface area contributed by atoms with Crippen LogP contribution in [0.25, 0.3) is 0 Å². The van der Waals surface area contributed by atoms with Gasteiger partial charge in [-0.15, -0.1) is 0 Å². The Bertz CT molecular complexity index is 816. The van der Waals surface area contributed by atoms with Crippen LogP contribution in [-0.4, -0.2) is 35.8 Å². The molecular formula is C24H37FN4O3. The van der Waals surface area contributed by atoms with Gasteiger partial charge in [0.1, 0.15) is 6.04 Å².